The first-order valence-electron chi connectivity index (χ1n) is 22.3. The number of ketones is 1. The van der Waals surface area contributed by atoms with Crippen LogP contribution in [0.5, 0.6) is 0 Å². The van der Waals surface area contributed by atoms with Crippen molar-refractivity contribution in [3.05, 3.63) is 154 Å². The molecule has 5 aromatic rings. The van der Waals surface area contributed by atoms with Crippen molar-refractivity contribution in [3.8, 4) is 0 Å². The molecule has 0 fully saturated rings. The maximum atomic E-state index is 13.5. The zero-order valence-corrected chi connectivity index (χ0v) is 42.4. The van der Waals surface area contributed by atoms with Crippen LogP contribution in [0.3, 0.4) is 0 Å². The van der Waals surface area contributed by atoms with E-state index in [1.165, 1.54) is 23.9 Å². The van der Waals surface area contributed by atoms with Crippen molar-refractivity contribution in [1.82, 2.24) is 20.5 Å². The van der Waals surface area contributed by atoms with Crippen molar-refractivity contribution < 1.29 is 48.5 Å². The number of carbonyl (C=O) groups is 2. The van der Waals surface area contributed by atoms with Crippen LogP contribution in [0.4, 0.5) is 11.4 Å². The van der Waals surface area contributed by atoms with Gasteiger partial charge in [0, 0.05) is 71.3 Å². The summed E-state index contributed by atoms with van der Waals surface area (Å²) in [5.41, 5.74) is 6.61. The molecule has 21 heteroatoms. The normalized spacial score (nSPS) is 16.3. The lowest BCUT2D eigenvalue weighted by Crippen LogP contribution is -2.28. The number of pyridine rings is 1. The fourth-order valence-corrected chi connectivity index (χ4v) is 11.2. The average Bonchev–Trinajstić information content (AvgIpc) is 3.93. The van der Waals surface area contributed by atoms with E-state index in [9.17, 15) is 43.9 Å². The Bertz CT molecular complexity index is 3320. The lowest BCUT2D eigenvalue weighted by Gasteiger charge is -2.27. The van der Waals surface area contributed by atoms with Gasteiger partial charge in [0.15, 0.2) is 11.5 Å². The highest BCUT2D eigenvalue weighted by Gasteiger charge is 2.44. The molecule has 4 heterocycles. The number of sulfonamides is 1. The monoisotopic (exact) mass is 1030 g/mol. The number of carbonyl (C=O) groups excluding carboxylic acids is 2. The zero-order chi connectivity index (χ0) is 50.8. The highest BCUT2D eigenvalue weighted by molar-refractivity contribution is 7.91. The van der Waals surface area contributed by atoms with E-state index in [1.807, 2.05) is 49.1 Å². The molecule has 1 amide bonds. The molecule has 3 aromatic carbocycles. The fourth-order valence-electron chi connectivity index (χ4n) is 8.68. The highest BCUT2D eigenvalue weighted by atomic mass is 32.2. The molecule has 7 rings (SSSR count). The number of unbranched alkanes of at least 4 members (excludes halogenated alkanes) is 1. The number of aromatic nitrogens is 3. The number of hydrogen-bond acceptors (Lipinski definition) is 13. The lowest BCUT2D eigenvalue weighted by molar-refractivity contribution is -0.438. The summed E-state index contributed by atoms with van der Waals surface area (Å²) in [6, 6.07) is 22.6. The Labute approximate surface area is 412 Å². The van der Waals surface area contributed by atoms with Gasteiger partial charge in [-0.2, -0.15) is 21.4 Å². The molecular formula is C49H54N7O10S4+. The highest BCUT2D eigenvalue weighted by Crippen LogP contribution is 2.49. The van der Waals surface area contributed by atoms with Crippen molar-refractivity contribution in [3.63, 3.8) is 0 Å². The maximum Gasteiger partial charge on any atom is 0.294 e. The molecule has 0 saturated heterocycles. The number of Topliss-reactive ketones (excluding diaryl/α,β-unsaturated/α-hetero) is 1. The topological polar surface area (TPSA) is 260 Å². The first-order valence-corrected chi connectivity index (χ1v) is 27.7. The third kappa shape index (κ3) is 11.6. The van der Waals surface area contributed by atoms with Crippen LogP contribution in [0.1, 0.15) is 102 Å². The van der Waals surface area contributed by atoms with Crippen LogP contribution >= 0.6 is 11.3 Å². The smallest absolute Gasteiger partial charge is 0.294 e. The molecule has 70 heavy (non-hydrogen) atoms. The molecule has 5 N–H and O–H groups in total. The number of para-hydroxylation sites is 1. The molecule has 0 saturated carbocycles. The minimum absolute atomic E-state index is 0.0553. The van der Waals surface area contributed by atoms with Crippen LogP contribution in [-0.4, -0.2) is 90.4 Å². The number of amides is 1. The third-order valence-corrected chi connectivity index (χ3v) is 16.3. The molecule has 17 nitrogen and oxygen atoms in total. The van der Waals surface area contributed by atoms with Crippen LogP contribution in [-0.2, 0) is 54.1 Å². The van der Waals surface area contributed by atoms with E-state index in [-0.39, 0.29) is 56.9 Å². The second kappa shape index (κ2) is 20.3. The van der Waals surface area contributed by atoms with E-state index in [0.717, 1.165) is 42.1 Å². The van der Waals surface area contributed by atoms with E-state index >= 15 is 0 Å². The molecular weight excluding hydrogens is 975 g/mol. The van der Waals surface area contributed by atoms with E-state index < -0.39 is 47.3 Å². The van der Waals surface area contributed by atoms with Crippen molar-refractivity contribution >= 4 is 75.9 Å². The van der Waals surface area contributed by atoms with Gasteiger partial charge >= 0.3 is 0 Å². The number of fused-ring (bicyclic) bond motifs is 2. The van der Waals surface area contributed by atoms with Crippen molar-refractivity contribution in [2.24, 2.45) is 5.14 Å². The van der Waals surface area contributed by atoms with Gasteiger partial charge in [-0.25, -0.2) is 13.6 Å². The van der Waals surface area contributed by atoms with Crippen LogP contribution in [0.2, 0.25) is 0 Å². The maximum absolute atomic E-state index is 13.5. The van der Waals surface area contributed by atoms with E-state index in [0.29, 0.717) is 39.3 Å². The van der Waals surface area contributed by atoms with Gasteiger partial charge < -0.3 is 10.2 Å². The van der Waals surface area contributed by atoms with Crippen LogP contribution in [0.25, 0.3) is 5.57 Å². The Kier molecular flexibility index (Phi) is 15.0. The minimum Gasteiger partial charge on any atom is -0.348 e. The number of nitrogens with one attached hydrogen (secondary N) is 1. The number of nitrogens with zero attached hydrogens (tertiary/aromatic N) is 5. The molecule has 2 aromatic heterocycles. The number of anilines is 1. The summed E-state index contributed by atoms with van der Waals surface area (Å²) in [5, 5.41) is 15.5. The number of benzene rings is 3. The predicted molar refractivity (Wildman–Crippen MR) is 268 cm³/mol. The van der Waals surface area contributed by atoms with Crippen LogP contribution < -0.4 is 15.4 Å². The van der Waals surface area contributed by atoms with Gasteiger partial charge in [-0.1, -0.05) is 87.1 Å². The summed E-state index contributed by atoms with van der Waals surface area (Å²) in [7, 11) is -12.9. The standard InChI is InChI=1S/C49H53N7O10S4/c1-6-7-25-55-40-12-9-8-11-37(40)48(2,3)43(55)23-18-33(19-24-44-49(4,5)38-28-36(70(64,65)66)20-22-41(38)56(44)26-10-27-68(59,60)61)39-21-17-35(31-51-39)46(58)52-30-32-13-15-34(16-14-32)42(57)29-45-53-54-47(67-45)69(50,62)63/h8-9,11-24,28,31H,6-7,10,25-27,29-30H2,1-5H3,(H4-,50,52,58,59,60,61,62,63,64,65,66)/p+1. The Morgan fingerprint density at radius 3 is 2.23 bits per heavy atom. The number of primary sulfonamides is 1. The van der Waals surface area contributed by atoms with Gasteiger partial charge in [-0.3, -0.25) is 23.7 Å². The molecule has 0 spiro atoms. The Morgan fingerprint density at radius 1 is 0.871 bits per heavy atom. The number of hydrogen-bond donors (Lipinski definition) is 4. The van der Waals surface area contributed by atoms with Gasteiger partial charge in [0.05, 0.1) is 33.7 Å². The van der Waals surface area contributed by atoms with Crippen molar-refractivity contribution in [2.45, 2.75) is 86.9 Å². The summed E-state index contributed by atoms with van der Waals surface area (Å²) >= 11 is 0.728. The molecule has 0 bridgehead atoms. The average molecular weight is 1030 g/mol. The summed E-state index contributed by atoms with van der Waals surface area (Å²) in [6.07, 6.45) is 11.1. The largest absolute Gasteiger partial charge is 0.348 e. The first-order chi connectivity index (χ1) is 32.9. The zero-order valence-electron chi connectivity index (χ0n) is 39.2. The number of allylic oxidation sites excluding steroid dienone is 6. The van der Waals surface area contributed by atoms with E-state index in [1.54, 1.807) is 42.5 Å². The van der Waals surface area contributed by atoms with Crippen molar-refractivity contribution in [2.75, 3.05) is 23.7 Å². The molecule has 2 aliphatic rings. The van der Waals surface area contributed by atoms with E-state index in [4.69, 9.17) is 10.1 Å². The first kappa shape index (κ1) is 51.8. The van der Waals surface area contributed by atoms with Crippen LogP contribution in [0, 0.1) is 0 Å². The van der Waals surface area contributed by atoms with Gasteiger partial charge in [-0.15, -0.1) is 10.2 Å². The second-order valence-electron chi connectivity index (χ2n) is 18.0. The summed E-state index contributed by atoms with van der Waals surface area (Å²) < 4.78 is 92.7. The van der Waals surface area contributed by atoms with Crippen LogP contribution in [0.15, 0.2) is 124 Å². The summed E-state index contributed by atoms with van der Waals surface area (Å²) in [4.78, 5) is 32.7. The second-order valence-corrected chi connectivity index (χ2v) is 23.8. The lowest BCUT2D eigenvalue weighted by atomic mass is 9.81. The molecule has 0 aliphatic carbocycles. The summed E-state index contributed by atoms with van der Waals surface area (Å²) in [5.74, 6) is -1.20. The molecule has 0 radical (unpaired) electrons. The molecule has 0 unspecified atom stereocenters. The molecule has 2 aliphatic heterocycles. The Hall–Kier alpha value is -6.07. The Morgan fingerprint density at radius 2 is 1.59 bits per heavy atom. The SMILES string of the molecule is CCCC[N+]1=C(/C=C/C(=C/C=C2/N(CCCS(=O)(=O)O)c3ccc(S(=O)(=O)O)cc3C2(C)C)c2ccc(C(=O)NCc3ccc(C(=O)Cc4nnc(S(N)(=O)=O)s4)cc3)cn2)C(C)(C)c2ccccc21. The number of rotatable bonds is 19. The molecule has 368 valence electrons. The quantitative estimate of drug-likeness (QED) is 0.0282. The fraction of sp³-hybridized carbons (Fsp3) is 0.306. The van der Waals surface area contributed by atoms with Gasteiger partial charge in [0.25, 0.3) is 36.2 Å². The van der Waals surface area contributed by atoms with Gasteiger partial charge in [0.1, 0.15) is 11.6 Å². The molecule has 0 atom stereocenters. The third-order valence-electron chi connectivity index (χ3n) is 12.4. The van der Waals surface area contributed by atoms with Gasteiger partial charge in [0.2, 0.25) is 10.0 Å². The van der Waals surface area contributed by atoms with E-state index in [2.05, 4.69) is 59.1 Å². The summed E-state index contributed by atoms with van der Waals surface area (Å²) in [6.45, 7) is 11.4. The van der Waals surface area contributed by atoms with Gasteiger partial charge in [-0.05, 0) is 73.9 Å². The predicted octanol–water partition coefficient (Wildman–Crippen LogP) is 6.96. The Balaban J connectivity index is 1.19. The van der Waals surface area contributed by atoms with Crippen molar-refractivity contribution in [1.29, 1.82) is 0 Å². The number of nitrogens with two attached hydrogens (primary N) is 1. The minimum atomic E-state index is -4.55.